The van der Waals surface area contributed by atoms with Crippen LogP contribution in [0.3, 0.4) is 0 Å². The first-order valence-corrected chi connectivity index (χ1v) is 9.17. The molecular formula is C21H26N2O3. The topological polar surface area (TPSA) is 53.0 Å². The molecule has 0 spiro atoms. The molecule has 5 heteroatoms. The van der Waals surface area contributed by atoms with Crippen molar-refractivity contribution in [3.05, 3.63) is 59.7 Å². The van der Waals surface area contributed by atoms with Crippen molar-refractivity contribution in [3.8, 4) is 5.75 Å². The van der Waals surface area contributed by atoms with Gasteiger partial charge in [-0.05, 0) is 31.5 Å². The maximum Gasteiger partial charge on any atom is 0.257 e. The Balaban J connectivity index is 1.76. The second-order valence-corrected chi connectivity index (χ2v) is 6.40. The monoisotopic (exact) mass is 354 g/mol. The summed E-state index contributed by atoms with van der Waals surface area (Å²) >= 11 is 0. The molecule has 2 aromatic rings. The number of rotatable bonds is 5. The van der Waals surface area contributed by atoms with Crippen molar-refractivity contribution >= 4 is 11.6 Å². The van der Waals surface area contributed by atoms with E-state index in [4.69, 9.17) is 4.74 Å². The summed E-state index contributed by atoms with van der Waals surface area (Å²) in [4.78, 5) is 16.8. The van der Waals surface area contributed by atoms with Crippen LogP contribution < -0.4 is 4.90 Å². The zero-order valence-electron chi connectivity index (χ0n) is 15.4. The van der Waals surface area contributed by atoms with E-state index >= 15 is 0 Å². The van der Waals surface area contributed by atoms with Crippen LogP contribution in [0.25, 0.3) is 0 Å². The predicted molar refractivity (Wildman–Crippen MR) is 103 cm³/mol. The van der Waals surface area contributed by atoms with Crippen LogP contribution in [-0.2, 0) is 4.74 Å². The SMILES string of the molecule is CCN(CC)c1ccc(C(=O)N2CCOC(c3ccccc3)C2)c(O)c1. The molecule has 3 rings (SSSR count). The fourth-order valence-corrected chi connectivity index (χ4v) is 3.36. The largest absolute Gasteiger partial charge is 0.507 e. The number of benzene rings is 2. The number of hydrogen-bond acceptors (Lipinski definition) is 4. The second kappa shape index (κ2) is 8.23. The Kier molecular flexibility index (Phi) is 5.78. The number of phenolic OH excluding ortho intramolecular Hbond substituents is 1. The van der Waals surface area contributed by atoms with E-state index in [2.05, 4.69) is 18.7 Å². The van der Waals surface area contributed by atoms with E-state index in [9.17, 15) is 9.90 Å². The first kappa shape index (κ1) is 18.3. The van der Waals surface area contributed by atoms with Gasteiger partial charge in [0.2, 0.25) is 0 Å². The third-order valence-electron chi connectivity index (χ3n) is 4.87. The first-order chi connectivity index (χ1) is 12.6. The highest BCUT2D eigenvalue weighted by Crippen LogP contribution is 2.28. The van der Waals surface area contributed by atoms with Crippen LogP contribution in [0.5, 0.6) is 5.75 Å². The normalized spacial score (nSPS) is 17.2. The second-order valence-electron chi connectivity index (χ2n) is 6.40. The Morgan fingerprint density at radius 2 is 1.92 bits per heavy atom. The summed E-state index contributed by atoms with van der Waals surface area (Å²) in [6, 6.07) is 15.2. The molecule has 138 valence electrons. The third-order valence-corrected chi connectivity index (χ3v) is 4.87. The minimum absolute atomic E-state index is 0.0298. The van der Waals surface area contributed by atoms with Gasteiger partial charge >= 0.3 is 0 Å². The van der Waals surface area contributed by atoms with Crippen LogP contribution >= 0.6 is 0 Å². The van der Waals surface area contributed by atoms with E-state index in [1.54, 1.807) is 17.0 Å². The summed E-state index contributed by atoms with van der Waals surface area (Å²) in [5.41, 5.74) is 2.33. The van der Waals surface area contributed by atoms with E-state index < -0.39 is 0 Å². The van der Waals surface area contributed by atoms with Crippen LogP contribution in [0.1, 0.15) is 35.9 Å². The van der Waals surface area contributed by atoms with Crippen LogP contribution in [0.2, 0.25) is 0 Å². The molecule has 1 heterocycles. The lowest BCUT2D eigenvalue weighted by molar-refractivity contribution is -0.0229. The highest BCUT2D eigenvalue weighted by molar-refractivity contribution is 5.97. The molecule has 1 fully saturated rings. The van der Waals surface area contributed by atoms with Crippen molar-refractivity contribution in [1.29, 1.82) is 0 Å². The van der Waals surface area contributed by atoms with Gasteiger partial charge in [0.05, 0.1) is 18.7 Å². The van der Waals surface area contributed by atoms with Gasteiger partial charge in [0.15, 0.2) is 0 Å². The fourth-order valence-electron chi connectivity index (χ4n) is 3.36. The molecule has 1 saturated heterocycles. The van der Waals surface area contributed by atoms with E-state index in [0.29, 0.717) is 25.3 Å². The van der Waals surface area contributed by atoms with E-state index in [1.165, 1.54) is 0 Å². The summed E-state index contributed by atoms with van der Waals surface area (Å²) in [6.45, 7) is 7.34. The number of anilines is 1. The van der Waals surface area contributed by atoms with E-state index in [-0.39, 0.29) is 17.8 Å². The number of nitrogens with zero attached hydrogens (tertiary/aromatic N) is 2. The molecular weight excluding hydrogens is 328 g/mol. The summed E-state index contributed by atoms with van der Waals surface area (Å²) in [6.07, 6.45) is -0.133. The quantitative estimate of drug-likeness (QED) is 0.893. The summed E-state index contributed by atoms with van der Waals surface area (Å²) < 4.78 is 5.83. The molecule has 1 atom stereocenters. The number of carbonyl (C=O) groups is 1. The third kappa shape index (κ3) is 3.83. The number of amides is 1. The van der Waals surface area contributed by atoms with Crippen LogP contribution in [0.15, 0.2) is 48.5 Å². The molecule has 2 aromatic carbocycles. The van der Waals surface area contributed by atoms with Gasteiger partial charge in [-0.15, -0.1) is 0 Å². The predicted octanol–water partition coefficient (Wildman–Crippen LogP) is 3.45. The van der Waals surface area contributed by atoms with Gasteiger partial charge in [-0.3, -0.25) is 4.79 Å². The lowest BCUT2D eigenvalue weighted by Gasteiger charge is -2.33. The average molecular weight is 354 g/mol. The van der Waals surface area contributed by atoms with Gasteiger partial charge in [-0.25, -0.2) is 0 Å². The Hall–Kier alpha value is -2.53. The standard InChI is InChI=1S/C21H26N2O3/c1-3-22(4-2)17-10-11-18(19(24)14-17)21(25)23-12-13-26-20(15-23)16-8-6-5-7-9-16/h5-11,14,20,24H,3-4,12-13,15H2,1-2H3. The molecule has 5 nitrogen and oxygen atoms in total. The van der Waals surface area contributed by atoms with Crippen molar-refractivity contribution in [2.45, 2.75) is 20.0 Å². The molecule has 26 heavy (non-hydrogen) atoms. The smallest absolute Gasteiger partial charge is 0.257 e. The molecule has 0 bridgehead atoms. The Morgan fingerprint density at radius 1 is 1.19 bits per heavy atom. The van der Waals surface area contributed by atoms with Crippen molar-refractivity contribution in [2.75, 3.05) is 37.7 Å². The van der Waals surface area contributed by atoms with Crippen molar-refractivity contribution < 1.29 is 14.6 Å². The summed E-state index contributed by atoms with van der Waals surface area (Å²) in [7, 11) is 0. The van der Waals surface area contributed by atoms with Crippen molar-refractivity contribution in [3.63, 3.8) is 0 Å². The molecule has 0 aliphatic carbocycles. The molecule has 0 radical (unpaired) electrons. The molecule has 0 saturated carbocycles. The highest BCUT2D eigenvalue weighted by Gasteiger charge is 2.27. The lowest BCUT2D eigenvalue weighted by Crippen LogP contribution is -2.42. The minimum atomic E-state index is -0.155. The molecule has 1 aliphatic rings. The number of morpholine rings is 1. The first-order valence-electron chi connectivity index (χ1n) is 9.17. The molecule has 1 amide bonds. The van der Waals surface area contributed by atoms with Gasteiger partial charge in [0, 0.05) is 31.4 Å². The Labute approximate surface area is 154 Å². The van der Waals surface area contributed by atoms with E-state index in [1.807, 2.05) is 36.4 Å². The molecule has 1 aliphatic heterocycles. The van der Waals surface area contributed by atoms with Crippen molar-refractivity contribution in [1.82, 2.24) is 4.90 Å². The van der Waals surface area contributed by atoms with Gasteiger partial charge in [0.1, 0.15) is 11.9 Å². The summed E-state index contributed by atoms with van der Waals surface area (Å²) in [5.74, 6) is -0.125. The number of aromatic hydroxyl groups is 1. The molecule has 1 N–H and O–H groups in total. The molecule has 0 aromatic heterocycles. The van der Waals surface area contributed by atoms with Gasteiger partial charge in [-0.1, -0.05) is 30.3 Å². The van der Waals surface area contributed by atoms with Gasteiger partial charge in [-0.2, -0.15) is 0 Å². The fraction of sp³-hybridized carbons (Fsp3) is 0.381. The Morgan fingerprint density at radius 3 is 2.58 bits per heavy atom. The number of carbonyl (C=O) groups excluding carboxylic acids is 1. The number of ether oxygens (including phenoxy) is 1. The van der Waals surface area contributed by atoms with Gasteiger partial charge in [0.25, 0.3) is 5.91 Å². The van der Waals surface area contributed by atoms with Crippen LogP contribution in [0.4, 0.5) is 5.69 Å². The van der Waals surface area contributed by atoms with Crippen LogP contribution in [-0.4, -0.2) is 48.7 Å². The van der Waals surface area contributed by atoms with E-state index in [0.717, 1.165) is 24.3 Å². The zero-order valence-corrected chi connectivity index (χ0v) is 15.4. The maximum absolute atomic E-state index is 12.9. The lowest BCUT2D eigenvalue weighted by atomic mass is 10.1. The summed E-state index contributed by atoms with van der Waals surface area (Å²) in [5, 5.41) is 10.4. The number of hydrogen-bond donors (Lipinski definition) is 1. The Bertz CT molecular complexity index is 744. The highest BCUT2D eigenvalue weighted by atomic mass is 16.5. The zero-order chi connectivity index (χ0) is 18.5. The van der Waals surface area contributed by atoms with Crippen LogP contribution in [0, 0.1) is 0 Å². The maximum atomic E-state index is 12.9. The average Bonchev–Trinajstić information content (AvgIpc) is 2.69. The van der Waals surface area contributed by atoms with Crippen molar-refractivity contribution in [2.24, 2.45) is 0 Å². The minimum Gasteiger partial charge on any atom is -0.507 e. The number of phenols is 1. The van der Waals surface area contributed by atoms with Gasteiger partial charge < -0.3 is 19.6 Å². The molecule has 1 unspecified atom stereocenters.